The van der Waals surface area contributed by atoms with E-state index in [-0.39, 0.29) is 18.0 Å². The molecule has 106 valence electrons. The minimum absolute atomic E-state index is 0.0913. The summed E-state index contributed by atoms with van der Waals surface area (Å²) in [6, 6.07) is 1.66. The smallest absolute Gasteiger partial charge is 0.239 e. The number of hydrazine groups is 1. The number of nitrogens with two attached hydrogens (primary N) is 1. The molecule has 0 spiro atoms. The van der Waals surface area contributed by atoms with Crippen LogP contribution in [0.15, 0.2) is 6.07 Å². The predicted molar refractivity (Wildman–Crippen MR) is 75.6 cm³/mol. The summed E-state index contributed by atoms with van der Waals surface area (Å²) in [5.41, 5.74) is 2.23. The Kier molecular flexibility index (Phi) is 5.05. The summed E-state index contributed by atoms with van der Waals surface area (Å²) in [4.78, 5) is 20.1. The summed E-state index contributed by atoms with van der Waals surface area (Å²) in [7, 11) is 0. The molecule has 0 radical (unpaired) electrons. The second-order valence-corrected chi connectivity index (χ2v) is 5.20. The number of aromatic nitrogens is 2. The molecule has 0 aliphatic rings. The zero-order valence-corrected chi connectivity index (χ0v) is 11.9. The Hall–Kier alpha value is -1.89. The largest absolute Gasteiger partial charge is 0.361 e. The number of carbonyl (C=O) groups excluding carboxylic acids is 1. The summed E-state index contributed by atoms with van der Waals surface area (Å²) in [6.07, 6.45) is 0.693. The van der Waals surface area contributed by atoms with E-state index in [1.165, 1.54) is 0 Å². The van der Waals surface area contributed by atoms with Crippen LogP contribution in [0.1, 0.15) is 33.5 Å². The summed E-state index contributed by atoms with van der Waals surface area (Å²) in [5.74, 6) is 7.00. The highest BCUT2D eigenvalue weighted by molar-refractivity contribution is 5.81. The van der Waals surface area contributed by atoms with E-state index >= 15 is 0 Å². The number of nitrogens with one attached hydrogen (secondary N) is 3. The average molecular weight is 266 g/mol. The molecule has 1 amide bonds. The van der Waals surface area contributed by atoms with Crippen LogP contribution in [0.25, 0.3) is 0 Å². The van der Waals surface area contributed by atoms with Gasteiger partial charge < -0.3 is 16.1 Å². The molecule has 5 N–H and O–H groups in total. The van der Waals surface area contributed by atoms with Crippen molar-refractivity contribution in [2.75, 3.05) is 17.3 Å². The fourth-order valence-electron chi connectivity index (χ4n) is 1.45. The number of rotatable bonds is 5. The van der Waals surface area contributed by atoms with Crippen LogP contribution in [-0.4, -0.2) is 28.0 Å². The first-order valence-electron chi connectivity index (χ1n) is 6.23. The third-order valence-corrected chi connectivity index (χ3v) is 2.18. The van der Waals surface area contributed by atoms with Crippen molar-refractivity contribution in [3.63, 3.8) is 0 Å². The van der Waals surface area contributed by atoms with Crippen molar-refractivity contribution in [3.8, 4) is 0 Å². The van der Waals surface area contributed by atoms with Gasteiger partial charge in [-0.25, -0.2) is 15.8 Å². The standard InChI is InChI=1S/C12H22N6O/c1-5-8-15-9(6-10(16-8)18-13)14-7-11(19)17-12(2,3)4/h6H,5,7,13H2,1-4H3,(H,17,19)(H2,14,15,16,18). The van der Waals surface area contributed by atoms with Crippen molar-refractivity contribution in [3.05, 3.63) is 11.9 Å². The van der Waals surface area contributed by atoms with Gasteiger partial charge in [0.2, 0.25) is 5.91 Å². The molecule has 0 aliphatic heterocycles. The summed E-state index contributed by atoms with van der Waals surface area (Å²) in [5, 5.41) is 5.82. The molecule has 7 nitrogen and oxygen atoms in total. The topological polar surface area (TPSA) is 105 Å². The molecule has 1 heterocycles. The number of amides is 1. The van der Waals surface area contributed by atoms with Gasteiger partial charge in [0.05, 0.1) is 6.54 Å². The fraction of sp³-hybridized carbons (Fsp3) is 0.583. The van der Waals surface area contributed by atoms with Crippen LogP contribution in [0.4, 0.5) is 11.6 Å². The van der Waals surface area contributed by atoms with E-state index < -0.39 is 0 Å². The molecule has 1 aromatic heterocycles. The lowest BCUT2D eigenvalue weighted by atomic mass is 10.1. The fourth-order valence-corrected chi connectivity index (χ4v) is 1.45. The number of hydrogen-bond acceptors (Lipinski definition) is 6. The first-order chi connectivity index (χ1) is 8.84. The van der Waals surface area contributed by atoms with Crippen LogP contribution < -0.4 is 21.9 Å². The lowest BCUT2D eigenvalue weighted by molar-refractivity contribution is -0.120. The monoisotopic (exact) mass is 266 g/mol. The molecule has 0 saturated carbocycles. The minimum Gasteiger partial charge on any atom is -0.361 e. The Bertz CT molecular complexity index is 418. The van der Waals surface area contributed by atoms with Crippen molar-refractivity contribution < 1.29 is 4.79 Å². The van der Waals surface area contributed by atoms with Crippen molar-refractivity contribution in [2.45, 2.75) is 39.7 Å². The number of hydrogen-bond donors (Lipinski definition) is 4. The molecule has 7 heteroatoms. The second-order valence-electron chi connectivity index (χ2n) is 5.20. The Labute approximate surface area is 113 Å². The molecule has 1 aromatic rings. The van der Waals surface area contributed by atoms with E-state index in [9.17, 15) is 4.79 Å². The zero-order chi connectivity index (χ0) is 14.5. The van der Waals surface area contributed by atoms with Gasteiger partial charge in [-0.3, -0.25) is 4.79 Å². The molecule has 0 fully saturated rings. The lowest BCUT2D eigenvalue weighted by Gasteiger charge is -2.20. The van der Waals surface area contributed by atoms with Crippen molar-refractivity contribution >= 4 is 17.5 Å². The molecule has 1 rings (SSSR count). The van der Waals surface area contributed by atoms with Gasteiger partial charge in [-0.15, -0.1) is 0 Å². The maximum atomic E-state index is 11.7. The highest BCUT2D eigenvalue weighted by Crippen LogP contribution is 2.10. The third kappa shape index (κ3) is 5.52. The number of carbonyl (C=O) groups is 1. The number of aryl methyl sites for hydroxylation is 1. The van der Waals surface area contributed by atoms with Crippen molar-refractivity contribution in [2.24, 2.45) is 5.84 Å². The Morgan fingerprint density at radius 2 is 1.95 bits per heavy atom. The van der Waals surface area contributed by atoms with Gasteiger partial charge in [-0.1, -0.05) is 6.92 Å². The van der Waals surface area contributed by atoms with Gasteiger partial charge >= 0.3 is 0 Å². The molecule has 0 aromatic carbocycles. The highest BCUT2D eigenvalue weighted by atomic mass is 16.2. The van der Waals surface area contributed by atoms with Crippen LogP contribution in [0.3, 0.4) is 0 Å². The van der Waals surface area contributed by atoms with Gasteiger partial charge in [0, 0.05) is 18.0 Å². The molecular formula is C12H22N6O. The van der Waals surface area contributed by atoms with Gasteiger partial charge in [0.25, 0.3) is 0 Å². The SMILES string of the molecule is CCc1nc(NN)cc(NCC(=O)NC(C)(C)C)n1. The zero-order valence-electron chi connectivity index (χ0n) is 11.9. The molecule has 0 bridgehead atoms. The average Bonchev–Trinajstić information content (AvgIpc) is 2.33. The van der Waals surface area contributed by atoms with Gasteiger partial charge in [0.15, 0.2) is 0 Å². The van der Waals surface area contributed by atoms with E-state index in [1.54, 1.807) is 6.07 Å². The van der Waals surface area contributed by atoms with E-state index in [0.29, 0.717) is 23.9 Å². The summed E-state index contributed by atoms with van der Waals surface area (Å²) in [6.45, 7) is 7.90. The second kappa shape index (κ2) is 6.33. The van der Waals surface area contributed by atoms with Crippen molar-refractivity contribution in [1.82, 2.24) is 15.3 Å². The first kappa shape index (κ1) is 15.2. The van der Waals surface area contributed by atoms with Gasteiger partial charge in [0.1, 0.15) is 17.5 Å². The van der Waals surface area contributed by atoms with E-state index in [2.05, 4.69) is 26.0 Å². The highest BCUT2D eigenvalue weighted by Gasteiger charge is 2.13. The molecule has 0 aliphatic carbocycles. The molecule has 0 saturated heterocycles. The first-order valence-corrected chi connectivity index (χ1v) is 6.23. The van der Waals surface area contributed by atoms with Gasteiger partial charge in [-0.05, 0) is 20.8 Å². The van der Waals surface area contributed by atoms with Crippen LogP contribution in [0.5, 0.6) is 0 Å². The maximum Gasteiger partial charge on any atom is 0.239 e. The normalized spacial score (nSPS) is 11.0. The van der Waals surface area contributed by atoms with E-state index in [1.807, 2.05) is 27.7 Å². The number of nitrogens with zero attached hydrogens (tertiary/aromatic N) is 2. The van der Waals surface area contributed by atoms with Crippen LogP contribution >= 0.6 is 0 Å². The maximum absolute atomic E-state index is 11.7. The summed E-state index contributed by atoms with van der Waals surface area (Å²) < 4.78 is 0. The quantitative estimate of drug-likeness (QED) is 0.461. The minimum atomic E-state index is -0.247. The molecule has 19 heavy (non-hydrogen) atoms. The van der Waals surface area contributed by atoms with Crippen LogP contribution in [0, 0.1) is 0 Å². The Morgan fingerprint density at radius 3 is 2.47 bits per heavy atom. The number of anilines is 2. The lowest BCUT2D eigenvalue weighted by Crippen LogP contribution is -2.43. The molecule has 0 atom stereocenters. The van der Waals surface area contributed by atoms with E-state index in [0.717, 1.165) is 0 Å². The molecule has 0 unspecified atom stereocenters. The molecular weight excluding hydrogens is 244 g/mol. The Morgan fingerprint density at radius 1 is 1.32 bits per heavy atom. The number of nitrogen functional groups attached to an aromatic ring is 1. The van der Waals surface area contributed by atoms with Crippen molar-refractivity contribution in [1.29, 1.82) is 0 Å². The van der Waals surface area contributed by atoms with Crippen LogP contribution in [0.2, 0.25) is 0 Å². The Balaban J connectivity index is 2.64. The van der Waals surface area contributed by atoms with E-state index in [4.69, 9.17) is 5.84 Å². The third-order valence-electron chi connectivity index (χ3n) is 2.18. The van der Waals surface area contributed by atoms with Crippen LogP contribution in [-0.2, 0) is 11.2 Å². The predicted octanol–water partition coefficient (Wildman–Crippen LogP) is 0.651. The summed E-state index contributed by atoms with van der Waals surface area (Å²) >= 11 is 0. The van der Waals surface area contributed by atoms with Gasteiger partial charge in [-0.2, -0.15) is 0 Å².